The second kappa shape index (κ2) is 7.21. The summed E-state index contributed by atoms with van der Waals surface area (Å²) in [6.07, 6.45) is 0. The zero-order valence-corrected chi connectivity index (χ0v) is 12.8. The summed E-state index contributed by atoms with van der Waals surface area (Å²) < 4.78 is 0. The van der Waals surface area contributed by atoms with Crippen LogP contribution in [0, 0.1) is 10.1 Å². The van der Waals surface area contributed by atoms with Gasteiger partial charge in [0.05, 0.1) is 9.95 Å². The van der Waals surface area contributed by atoms with E-state index in [1.54, 1.807) is 0 Å². The number of nitrogens with zero attached hydrogens (tertiary/aromatic N) is 2. The van der Waals surface area contributed by atoms with Crippen LogP contribution in [-0.2, 0) is 0 Å². The average molecular weight is 316 g/mol. The fourth-order valence-electron chi connectivity index (χ4n) is 1.54. The van der Waals surface area contributed by atoms with Gasteiger partial charge in [0.15, 0.2) is 0 Å². The van der Waals surface area contributed by atoms with Gasteiger partial charge in [0, 0.05) is 24.2 Å². The van der Waals surface area contributed by atoms with Gasteiger partial charge in [-0.2, -0.15) is 0 Å². The van der Waals surface area contributed by atoms with Crippen LogP contribution in [0.2, 0.25) is 5.02 Å². The molecule has 1 atom stereocenters. The highest BCUT2D eigenvalue weighted by atomic mass is 35.5. The molecule has 1 aromatic rings. The van der Waals surface area contributed by atoms with Crippen molar-refractivity contribution < 1.29 is 9.72 Å². The van der Waals surface area contributed by atoms with Crippen LogP contribution in [0.15, 0.2) is 12.1 Å². The van der Waals surface area contributed by atoms with Crippen molar-refractivity contribution in [1.82, 2.24) is 10.2 Å². The second-order valence-corrected chi connectivity index (χ2v) is 5.18. The Morgan fingerprint density at radius 3 is 2.62 bits per heavy atom. The molecule has 0 saturated carbocycles. The predicted octanol–water partition coefficient (Wildman–Crippen LogP) is 1.21. The van der Waals surface area contributed by atoms with E-state index in [2.05, 4.69) is 10.7 Å². The van der Waals surface area contributed by atoms with E-state index in [1.807, 2.05) is 25.9 Å². The van der Waals surface area contributed by atoms with Crippen molar-refractivity contribution in [3.8, 4) is 0 Å². The molecule has 0 spiro atoms. The van der Waals surface area contributed by atoms with Gasteiger partial charge in [0.1, 0.15) is 5.69 Å². The molecule has 8 nitrogen and oxygen atoms in total. The number of nitro groups is 1. The van der Waals surface area contributed by atoms with Crippen molar-refractivity contribution >= 4 is 28.9 Å². The normalized spacial score (nSPS) is 12.1. The van der Waals surface area contributed by atoms with Gasteiger partial charge >= 0.3 is 0 Å². The Bertz CT molecular complexity index is 550. The number of anilines is 1. The molecule has 1 amide bonds. The van der Waals surface area contributed by atoms with Crippen LogP contribution in [0.4, 0.5) is 11.4 Å². The number of benzene rings is 1. The van der Waals surface area contributed by atoms with Gasteiger partial charge < -0.3 is 15.6 Å². The Balaban J connectivity index is 2.98. The molecule has 0 fully saturated rings. The maximum atomic E-state index is 12.0. The Morgan fingerprint density at radius 2 is 2.14 bits per heavy atom. The van der Waals surface area contributed by atoms with Crippen LogP contribution in [0.25, 0.3) is 0 Å². The van der Waals surface area contributed by atoms with Gasteiger partial charge in [0.25, 0.3) is 11.6 Å². The van der Waals surface area contributed by atoms with Crippen molar-refractivity contribution in [2.24, 2.45) is 5.84 Å². The molecule has 0 aromatic heterocycles. The lowest BCUT2D eigenvalue weighted by Crippen LogP contribution is -2.38. The summed E-state index contributed by atoms with van der Waals surface area (Å²) in [4.78, 5) is 24.3. The minimum Gasteiger partial charge on any atom is -0.350 e. The Hall–Kier alpha value is -1.90. The molecule has 4 N–H and O–H groups in total. The molecule has 1 rings (SSSR count). The fourth-order valence-corrected chi connectivity index (χ4v) is 1.80. The number of nitrogens with one attached hydrogen (secondary N) is 2. The maximum absolute atomic E-state index is 12.0. The zero-order valence-electron chi connectivity index (χ0n) is 12.0. The lowest BCUT2D eigenvalue weighted by molar-refractivity contribution is -0.384. The molecule has 0 bridgehead atoms. The standard InChI is InChI=1S/C12H18ClN5O3/c1-7(17(2)3)6-15-12(19)8-4-9(13)11(16-14)10(5-8)18(20)21/h4-5,7,16H,6,14H2,1-3H3,(H,15,19). The van der Waals surface area contributed by atoms with Crippen LogP contribution < -0.4 is 16.6 Å². The third kappa shape index (κ3) is 4.28. The number of likely N-dealkylation sites (N-methyl/N-ethyl adjacent to an activating group) is 1. The summed E-state index contributed by atoms with van der Waals surface area (Å²) in [6.45, 7) is 2.35. The van der Waals surface area contributed by atoms with E-state index in [0.717, 1.165) is 6.07 Å². The zero-order chi connectivity index (χ0) is 16.2. The van der Waals surface area contributed by atoms with Crippen LogP contribution >= 0.6 is 11.6 Å². The average Bonchev–Trinajstić information content (AvgIpc) is 2.42. The number of hydrogen-bond donors (Lipinski definition) is 3. The third-order valence-electron chi connectivity index (χ3n) is 3.11. The van der Waals surface area contributed by atoms with E-state index in [0.29, 0.717) is 6.54 Å². The van der Waals surface area contributed by atoms with Crippen molar-refractivity contribution in [3.63, 3.8) is 0 Å². The van der Waals surface area contributed by atoms with E-state index in [-0.39, 0.29) is 28.0 Å². The molecule has 0 radical (unpaired) electrons. The van der Waals surface area contributed by atoms with Gasteiger partial charge in [-0.25, -0.2) is 0 Å². The van der Waals surface area contributed by atoms with Crippen molar-refractivity contribution in [1.29, 1.82) is 0 Å². The van der Waals surface area contributed by atoms with Crippen molar-refractivity contribution in [2.45, 2.75) is 13.0 Å². The van der Waals surface area contributed by atoms with Gasteiger partial charge in [-0.15, -0.1) is 0 Å². The lowest BCUT2D eigenvalue weighted by Gasteiger charge is -2.20. The smallest absolute Gasteiger partial charge is 0.295 e. The quantitative estimate of drug-likeness (QED) is 0.413. The molecule has 0 aliphatic rings. The van der Waals surface area contributed by atoms with Crippen LogP contribution in [0.3, 0.4) is 0 Å². The molecule has 1 aromatic carbocycles. The first-order valence-electron chi connectivity index (χ1n) is 6.17. The summed E-state index contributed by atoms with van der Waals surface area (Å²) in [6, 6.07) is 2.60. The van der Waals surface area contributed by atoms with Gasteiger partial charge in [-0.1, -0.05) is 11.6 Å². The molecule has 0 saturated heterocycles. The van der Waals surface area contributed by atoms with E-state index >= 15 is 0 Å². The monoisotopic (exact) mass is 315 g/mol. The molecule has 1 unspecified atom stereocenters. The van der Waals surface area contributed by atoms with Crippen LogP contribution in [-0.4, -0.2) is 42.4 Å². The maximum Gasteiger partial charge on any atom is 0.295 e. The first-order valence-corrected chi connectivity index (χ1v) is 6.54. The number of halogens is 1. The second-order valence-electron chi connectivity index (χ2n) is 4.78. The van der Waals surface area contributed by atoms with E-state index in [4.69, 9.17) is 17.4 Å². The first-order chi connectivity index (χ1) is 9.77. The van der Waals surface area contributed by atoms with Crippen molar-refractivity contribution in [2.75, 3.05) is 26.1 Å². The number of nitrogen functional groups attached to an aromatic ring is 1. The Morgan fingerprint density at radius 1 is 1.52 bits per heavy atom. The highest BCUT2D eigenvalue weighted by Gasteiger charge is 2.21. The number of amides is 1. The number of rotatable bonds is 6. The van der Waals surface area contributed by atoms with E-state index in [9.17, 15) is 14.9 Å². The molecule has 0 aliphatic carbocycles. The summed E-state index contributed by atoms with van der Waals surface area (Å²) in [7, 11) is 3.78. The van der Waals surface area contributed by atoms with Gasteiger partial charge in [-0.05, 0) is 27.1 Å². The van der Waals surface area contributed by atoms with Gasteiger partial charge in [-0.3, -0.25) is 20.8 Å². The van der Waals surface area contributed by atoms with Gasteiger partial charge in [0.2, 0.25) is 0 Å². The summed E-state index contributed by atoms with van der Waals surface area (Å²) in [5, 5.41) is 13.7. The number of nitrogens with two attached hydrogens (primary N) is 1. The molecule has 0 aliphatic heterocycles. The minimum absolute atomic E-state index is 0.0116. The third-order valence-corrected chi connectivity index (χ3v) is 3.41. The topological polar surface area (TPSA) is 114 Å². The molecule has 21 heavy (non-hydrogen) atoms. The SMILES string of the molecule is CC(CNC(=O)c1cc(Cl)c(NN)c([N+](=O)[O-])c1)N(C)C. The highest BCUT2D eigenvalue weighted by molar-refractivity contribution is 6.34. The lowest BCUT2D eigenvalue weighted by atomic mass is 10.1. The Labute approximate surface area is 127 Å². The number of carbonyl (C=O) groups excluding carboxylic acids is 1. The van der Waals surface area contributed by atoms with Crippen molar-refractivity contribution in [3.05, 3.63) is 32.8 Å². The Kier molecular flexibility index (Phi) is 5.89. The number of hydrazine groups is 1. The summed E-state index contributed by atoms with van der Waals surface area (Å²) >= 11 is 5.90. The molecular formula is C12H18ClN5O3. The summed E-state index contributed by atoms with van der Waals surface area (Å²) in [5.41, 5.74) is 1.89. The fraction of sp³-hybridized carbons (Fsp3) is 0.417. The number of carbonyl (C=O) groups is 1. The summed E-state index contributed by atoms with van der Waals surface area (Å²) in [5.74, 6) is 4.77. The van der Waals surface area contributed by atoms with Crippen LogP contribution in [0.1, 0.15) is 17.3 Å². The largest absolute Gasteiger partial charge is 0.350 e. The first kappa shape index (κ1) is 17.2. The molecule has 9 heteroatoms. The number of nitro benzene ring substituents is 1. The molecule has 0 heterocycles. The molecule has 116 valence electrons. The predicted molar refractivity (Wildman–Crippen MR) is 81.4 cm³/mol. The van der Waals surface area contributed by atoms with Crippen LogP contribution in [0.5, 0.6) is 0 Å². The van der Waals surface area contributed by atoms with E-state index in [1.165, 1.54) is 6.07 Å². The van der Waals surface area contributed by atoms with E-state index < -0.39 is 10.8 Å². The molecular weight excluding hydrogens is 298 g/mol. The highest BCUT2D eigenvalue weighted by Crippen LogP contribution is 2.32. The minimum atomic E-state index is -0.652. The number of hydrogen-bond acceptors (Lipinski definition) is 6.